The lowest BCUT2D eigenvalue weighted by Gasteiger charge is -2.34. The second-order valence-corrected chi connectivity index (χ2v) is 4.91. The molecule has 0 aromatic heterocycles. The third-order valence-electron chi connectivity index (χ3n) is 3.65. The van der Waals surface area contributed by atoms with Gasteiger partial charge in [0.15, 0.2) is 0 Å². The highest BCUT2D eigenvalue weighted by atomic mass is 19.1. The van der Waals surface area contributed by atoms with Crippen LogP contribution >= 0.6 is 0 Å². The number of hydrogen-bond acceptors (Lipinski definition) is 1. The topological polar surface area (TPSA) is 12.0 Å². The molecule has 1 aliphatic rings. The third kappa shape index (κ3) is 2.27. The van der Waals surface area contributed by atoms with Crippen molar-refractivity contribution in [2.75, 3.05) is 7.05 Å². The van der Waals surface area contributed by atoms with Crippen LogP contribution in [-0.4, -0.2) is 13.1 Å². The fraction of sp³-hybridized carbons (Fsp3) is 0.571. The minimum Gasteiger partial charge on any atom is -0.317 e. The summed E-state index contributed by atoms with van der Waals surface area (Å²) in [4.78, 5) is 0. The highest BCUT2D eigenvalue weighted by Crippen LogP contribution is 2.44. The predicted octanol–water partition coefficient (Wildman–Crippen LogP) is 3.19. The quantitative estimate of drug-likeness (QED) is 0.823. The number of hydrogen-bond donors (Lipinski definition) is 1. The molecule has 0 bridgehead atoms. The Morgan fingerprint density at radius 1 is 1.31 bits per heavy atom. The molecular formula is C14H20FN. The van der Waals surface area contributed by atoms with Crippen molar-refractivity contribution in [3.05, 3.63) is 35.4 Å². The van der Waals surface area contributed by atoms with E-state index in [0.717, 1.165) is 18.4 Å². The lowest BCUT2D eigenvalue weighted by atomic mass is 9.76. The summed E-state index contributed by atoms with van der Waals surface area (Å²) in [5.41, 5.74) is 1.11. The average Bonchev–Trinajstić information content (AvgIpc) is 2.27. The number of nitrogens with one attached hydrogen (secondary N) is 1. The fourth-order valence-electron chi connectivity index (χ4n) is 2.17. The first-order valence-electron chi connectivity index (χ1n) is 6.10. The van der Waals surface area contributed by atoms with Crippen molar-refractivity contribution < 1.29 is 4.39 Å². The highest BCUT2D eigenvalue weighted by Gasteiger charge is 2.38. The largest absolute Gasteiger partial charge is 0.317 e. The van der Waals surface area contributed by atoms with Crippen molar-refractivity contribution in [2.24, 2.45) is 0 Å². The highest BCUT2D eigenvalue weighted by molar-refractivity contribution is 5.29. The molecule has 0 radical (unpaired) electrons. The second kappa shape index (κ2) is 4.54. The summed E-state index contributed by atoms with van der Waals surface area (Å²) in [7, 11) is 1.96. The fourth-order valence-corrected chi connectivity index (χ4v) is 2.17. The molecule has 2 rings (SSSR count). The summed E-state index contributed by atoms with van der Waals surface area (Å²) < 4.78 is 14.1. The zero-order chi connectivity index (χ0) is 11.6. The van der Waals surface area contributed by atoms with Gasteiger partial charge in [0.1, 0.15) is 5.67 Å². The number of likely N-dealkylation sites (N-methyl/N-ethyl adjacent to an activating group) is 1. The molecule has 1 aromatic carbocycles. The van der Waals surface area contributed by atoms with Gasteiger partial charge in [0.25, 0.3) is 0 Å². The first kappa shape index (κ1) is 11.6. The van der Waals surface area contributed by atoms with Gasteiger partial charge in [-0.05, 0) is 50.8 Å². The van der Waals surface area contributed by atoms with Gasteiger partial charge in [0.05, 0.1) is 0 Å². The summed E-state index contributed by atoms with van der Waals surface area (Å²) in [5.74, 6) is 0. The Morgan fingerprint density at radius 3 is 2.38 bits per heavy atom. The smallest absolute Gasteiger partial charge is 0.136 e. The molecule has 0 saturated heterocycles. The van der Waals surface area contributed by atoms with E-state index in [9.17, 15) is 4.39 Å². The molecule has 0 aliphatic heterocycles. The lowest BCUT2D eigenvalue weighted by molar-refractivity contribution is 0.0609. The molecule has 1 aliphatic carbocycles. The summed E-state index contributed by atoms with van der Waals surface area (Å²) in [6, 6.07) is 8.49. The van der Waals surface area contributed by atoms with Crippen molar-refractivity contribution in [1.29, 1.82) is 0 Å². The van der Waals surface area contributed by atoms with Gasteiger partial charge in [-0.2, -0.15) is 0 Å². The van der Waals surface area contributed by atoms with Gasteiger partial charge in [0.2, 0.25) is 0 Å². The van der Waals surface area contributed by atoms with Crippen LogP contribution in [0.4, 0.5) is 4.39 Å². The van der Waals surface area contributed by atoms with E-state index >= 15 is 0 Å². The Bertz CT molecular complexity index is 340. The minimum absolute atomic E-state index is 0.467. The molecular weight excluding hydrogens is 201 g/mol. The molecule has 16 heavy (non-hydrogen) atoms. The van der Waals surface area contributed by atoms with Gasteiger partial charge < -0.3 is 5.32 Å². The van der Waals surface area contributed by atoms with Gasteiger partial charge in [-0.15, -0.1) is 0 Å². The molecule has 1 nitrogen and oxygen atoms in total. The van der Waals surface area contributed by atoms with Crippen LogP contribution in [0.25, 0.3) is 0 Å². The average molecular weight is 221 g/mol. The Hall–Kier alpha value is -0.890. The number of alkyl halides is 1. The van der Waals surface area contributed by atoms with E-state index in [1.165, 1.54) is 5.56 Å². The molecule has 1 saturated carbocycles. The van der Waals surface area contributed by atoms with E-state index in [-0.39, 0.29) is 0 Å². The third-order valence-corrected chi connectivity index (χ3v) is 3.65. The summed E-state index contributed by atoms with van der Waals surface area (Å²) in [5, 5.41) is 3.21. The molecule has 88 valence electrons. The van der Waals surface area contributed by atoms with Crippen LogP contribution in [0.3, 0.4) is 0 Å². The van der Waals surface area contributed by atoms with Crippen molar-refractivity contribution >= 4 is 0 Å². The van der Waals surface area contributed by atoms with Gasteiger partial charge in [0, 0.05) is 6.04 Å². The van der Waals surface area contributed by atoms with Gasteiger partial charge in [-0.25, -0.2) is 4.39 Å². The normalized spacial score (nSPS) is 20.2. The van der Waals surface area contributed by atoms with Crippen molar-refractivity contribution in [3.8, 4) is 0 Å². The summed E-state index contributed by atoms with van der Waals surface area (Å²) in [6.07, 6.45) is 3.41. The summed E-state index contributed by atoms with van der Waals surface area (Å²) >= 11 is 0. The van der Waals surface area contributed by atoms with E-state index in [1.807, 2.05) is 19.2 Å². The van der Waals surface area contributed by atoms with Crippen LogP contribution in [0, 0.1) is 0 Å². The van der Waals surface area contributed by atoms with Gasteiger partial charge in [-0.1, -0.05) is 24.3 Å². The maximum Gasteiger partial charge on any atom is 0.136 e. The lowest BCUT2D eigenvalue weighted by Crippen LogP contribution is -2.28. The van der Waals surface area contributed by atoms with Crippen molar-refractivity contribution in [3.63, 3.8) is 0 Å². The van der Waals surface area contributed by atoms with Crippen LogP contribution in [-0.2, 0) is 12.1 Å². The molecule has 1 unspecified atom stereocenters. The SMILES string of the molecule is CNC(C)Cc1ccc(C2(F)CCC2)cc1. The van der Waals surface area contributed by atoms with E-state index in [1.54, 1.807) is 0 Å². The molecule has 0 heterocycles. The second-order valence-electron chi connectivity index (χ2n) is 4.91. The molecule has 2 heteroatoms. The number of halogens is 1. The first-order chi connectivity index (χ1) is 7.64. The zero-order valence-corrected chi connectivity index (χ0v) is 10.1. The Morgan fingerprint density at radius 2 is 1.94 bits per heavy atom. The van der Waals surface area contributed by atoms with Crippen molar-refractivity contribution in [1.82, 2.24) is 5.32 Å². The van der Waals surface area contributed by atoms with Gasteiger partial charge >= 0.3 is 0 Å². The molecule has 0 amide bonds. The number of benzene rings is 1. The Balaban J connectivity index is 2.04. The molecule has 1 N–H and O–H groups in total. The number of rotatable bonds is 4. The summed E-state index contributed by atoms with van der Waals surface area (Å²) in [6.45, 7) is 2.15. The molecule has 1 aromatic rings. The van der Waals surface area contributed by atoms with E-state index in [0.29, 0.717) is 18.9 Å². The van der Waals surface area contributed by atoms with Crippen LogP contribution in [0.2, 0.25) is 0 Å². The first-order valence-corrected chi connectivity index (χ1v) is 6.10. The van der Waals surface area contributed by atoms with Crippen LogP contribution < -0.4 is 5.32 Å². The van der Waals surface area contributed by atoms with Crippen molar-refractivity contribution in [2.45, 2.75) is 44.3 Å². The Labute approximate surface area is 97.1 Å². The standard InChI is InChI=1S/C14H20FN/c1-11(16-2)10-12-4-6-13(7-5-12)14(15)8-3-9-14/h4-7,11,16H,3,8-10H2,1-2H3. The van der Waals surface area contributed by atoms with E-state index < -0.39 is 5.67 Å². The molecule has 0 spiro atoms. The van der Waals surface area contributed by atoms with E-state index in [4.69, 9.17) is 0 Å². The maximum atomic E-state index is 14.1. The van der Waals surface area contributed by atoms with Crippen LogP contribution in [0.15, 0.2) is 24.3 Å². The van der Waals surface area contributed by atoms with Crippen LogP contribution in [0.5, 0.6) is 0 Å². The maximum absolute atomic E-state index is 14.1. The Kier molecular flexibility index (Phi) is 3.29. The molecule has 1 atom stereocenters. The van der Waals surface area contributed by atoms with Crippen LogP contribution in [0.1, 0.15) is 37.3 Å². The van der Waals surface area contributed by atoms with E-state index in [2.05, 4.69) is 24.4 Å². The zero-order valence-electron chi connectivity index (χ0n) is 10.1. The predicted molar refractivity (Wildman–Crippen MR) is 65.3 cm³/mol. The minimum atomic E-state index is -1.02. The molecule has 1 fully saturated rings. The monoisotopic (exact) mass is 221 g/mol. The van der Waals surface area contributed by atoms with Gasteiger partial charge in [-0.3, -0.25) is 0 Å².